The Labute approximate surface area is 98.6 Å². The molecule has 1 fully saturated rings. The van der Waals surface area contributed by atoms with Crippen molar-refractivity contribution in [1.82, 2.24) is 0 Å². The third kappa shape index (κ3) is 2.14. The molecule has 5 atom stereocenters. The fourth-order valence-corrected chi connectivity index (χ4v) is 2.34. The summed E-state index contributed by atoms with van der Waals surface area (Å²) in [4.78, 5) is 0. The van der Waals surface area contributed by atoms with Crippen molar-refractivity contribution >= 4 is 0 Å². The molecule has 5 N–H and O–H groups in total. The molecular formula is C12H16O5. The molecule has 0 aromatic heterocycles. The molecule has 1 aromatic carbocycles. The van der Waals surface area contributed by atoms with E-state index in [9.17, 15) is 25.5 Å². The number of aromatic hydroxyl groups is 1. The average molecular weight is 240 g/mol. The van der Waals surface area contributed by atoms with E-state index in [0.717, 1.165) is 0 Å². The highest BCUT2D eigenvalue weighted by Gasteiger charge is 2.43. The average Bonchev–Trinajstić information content (AvgIpc) is 2.29. The third-order valence-corrected chi connectivity index (χ3v) is 3.30. The van der Waals surface area contributed by atoms with Crippen LogP contribution in [0.15, 0.2) is 24.3 Å². The summed E-state index contributed by atoms with van der Waals surface area (Å²) in [6.45, 7) is 0. The maximum absolute atomic E-state index is 9.87. The Morgan fingerprint density at radius 1 is 0.882 bits per heavy atom. The fourth-order valence-electron chi connectivity index (χ4n) is 2.34. The summed E-state index contributed by atoms with van der Waals surface area (Å²) in [6.07, 6.45) is -4.72. The van der Waals surface area contributed by atoms with Gasteiger partial charge in [0.2, 0.25) is 0 Å². The van der Waals surface area contributed by atoms with Gasteiger partial charge in [-0.3, -0.25) is 0 Å². The van der Waals surface area contributed by atoms with E-state index >= 15 is 0 Å². The van der Waals surface area contributed by atoms with Gasteiger partial charge in [0, 0.05) is 17.9 Å². The van der Waals surface area contributed by atoms with Crippen molar-refractivity contribution in [2.75, 3.05) is 0 Å². The van der Waals surface area contributed by atoms with Gasteiger partial charge in [0.1, 0.15) is 5.75 Å². The van der Waals surface area contributed by atoms with Crippen LogP contribution in [0.3, 0.4) is 0 Å². The first-order chi connectivity index (χ1) is 8.02. The molecule has 5 heteroatoms. The lowest BCUT2D eigenvalue weighted by atomic mass is 9.76. The minimum Gasteiger partial charge on any atom is -0.508 e. The van der Waals surface area contributed by atoms with E-state index < -0.39 is 30.3 Å². The van der Waals surface area contributed by atoms with E-state index in [1.54, 1.807) is 18.2 Å². The second-order valence-electron chi connectivity index (χ2n) is 4.44. The maximum atomic E-state index is 9.87. The van der Waals surface area contributed by atoms with Crippen LogP contribution >= 0.6 is 0 Å². The normalized spacial score (nSPS) is 38.0. The highest BCUT2D eigenvalue weighted by Crippen LogP contribution is 2.37. The standard InChI is InChI=1S/C12H16O5/c13-7-4-2-1-3-6(7)10-11(16)8(14)5-9(15)12(10)17/h1-4,8-17H,5H2/t8-,9+,10?,11-,12+. The molecule has 0 saturated heterocycles. The van der Waals surface area contributed by atoms with Gasteiger partial charge in [-0.25, -0.2) is 0 Å². The van der Waals surface area contributed by atoms with Crippen molar-refractivity contribution in [3.05, 3.63) is 29.8 Å². The Morgan fingerprint density at radius 2 is 1.41 bits per heavy atom. The van der Waals surface area contributed by atoms with Crippen LogP contribution in [0.4, 0.5) is 0 Å². The summed E-state index contributed by atoms with van der Waals surface area (Å²) in [6, 6.07) is 6.26. The van der Waals surface area contributed by atoms with E-state index in [2.05, 4.69) is 0 Å². The number of rotatable bonds is 1. The van der Waals surface area contributed by atoms with Crippen molar-refractivity contribution in [2.24, 2.45) is 0 Å². The van der Waals surface area contributed by atoms with Crippen LogP contribution in [-0.2, 0) is 0 Å². The highest BCUT2D eigenvalue weighted by atomic mass is 16.4. The Morgan fingerprint density at radius 3 is 1.94 bits per heavy atom. The molecule has 94 valence electrons. The quantitative estimate of drug-likeness (QED) is 0.448. The Hall–Kier alpha value is -1.14. The van der Waals surface area contributed by atoms with Crippen LogP contribution in [0.25, 0.3) is 0 Å². The van der Waals surface area contributed by atoms with Crippen molar-refractivity contribution in [1.29, 1.82) is 0 Å². The lowest BCUT2D eigenvalue weighted by Gasteiger charge is -2.39. The van der Waals surface area contributed by atoms with Crippen molar-refractivity contribution < 1.29 is 25.5 Å². The second-order valence-corrected chi connectivity index (χ2v) is 4.44. The van der Waals surface area contributed by atoms with E-state index in [0.29, 0.717) is 5.56 Å². The van der Waals surface area contributed by atoms with Gasteiger partial charge in [0.25, 0.3) is 0 Å². The summed E-state index contributed by atoms with van der Waals surface area (Å²) >= 11 is 0. The number of benzene rings is 1. The molecule has 1 unspecified atom stereocenters. The molecule has 1 saturated carbocycles. The molecular weight excluding hydrogens is 224 g/mol. The van der Waals surface area contributed by atoms with E-state index in [1.165, 1.54) is 6.07 Å². The predicted molar refractivity (Wildman–Crippen MR) is 59.5 cm³/mol. The molecule has 0 amide bonds. The Balaban J connectivity index is 2.38. The minimum absolute atomic E-state index is 0.0723. The van der Waals surface area contributed by atoms with Crippen LogP contribution in [0, 0.1) is 0 Å². The van der Waals surface area contributed by atoms with Gasteiger partial charge in [-0.2, -0.15) is 0 Å². The molecule has 0 radical (unpaired) electrons. The SMILES string of the molecule is Oc1ccccc1C1[C@@H](O)[C@@H](O)C[C@@H](O)[C@H]1O. The molecule has 17 heavy (non-hydrogen) atoms. The van der Waals surface area contributed by atoms with Gasteiger partial charge in [-0.05, 0) is 6.07 Å². The maximum Gasteiger partial charge on any atom is 0.119 e. The number of aliphatic hydroxyl groups is 4. The molecule has 5 nitrogen and oxygen atoms in total. The minimum atomic E-state index is -1.21. The first-order valence-electron chi connectivity index (χ1n) is 5.52. The topological polar surface area (TPSA) is 101 Å². The first-order valence-corrected chi connectivity index (χ1v) is 5.52. The fraction of sp³-hybridized carbons (Fsp3) is 0.500. The summed E-state index contributed by atoms with van der Waals surface area (Å²) in [5.74, 6) is -0.966. The summed E-state index contributed by atoms with van der Waals surface area (Å²) < 4.78 is 0. The van der Waals surface area contributed by atoms with E-state index in [1.807, 2.05) is 0 Å². The van der Waals surface area contributed by atoms with Gasteiger partial charge >= 0.3 is 0 Å². The molecule has 1 aromatic rings. The molecule has 2 rings (SSSR count). The number of aliphatic hydroxyl groups excluding tert-OH is 4. The molecule has 1 aliphatic rings. The monoisotopic (exact) mass is 240 g/mol. The predicted octanol–water partition coefficient (Wildman–Crippen LogP) is -0.677. The Bertz CT molecular complexity index is 380. The van der Waals surface area contributed by atoms with Crippen molar-refractivity contribution in [3.8, 4) is 5.75 Å². The zero-order valence-electron chi connectivity index (χ0n) is 9.14. The lowest BCUT2D eigenvalue weighted by Crippen LogP contribution is -2.50. The van der Waals surface area contributed by atoms with Crippen LogP contribution in [0.1, 0.15) is 17.9 Å². The molecule has 0 bridgehead atoms. The zero-order valence-corrected chi connectivity index (χ0v) is 9.14. The number of phenolic OH excluding ortho intramolecular Hbond substituents is 1. The number of hydrogen-bond donors (Lipinski definition) is 5. The van der Waals surface area contributed by atoms with Gasteiger partial charge < -0.3 is 25.5 Å². The smallest absolute Gasteiger partial charge is 0.119 e. The number of hydrogen-bond acceptors (Lipinski definition) is 5. The zero-order chi connectivity index (χ0) is 12.6. The molecule has 0 spiro atoms. The van der Waals surface area contributed by atoms with Crippen LogP contribution in [-0.4, -0.2) is 49.9 Å². The summed E-state index contributed by atoms with van der Waals surface area (Å²) in [5.41, 5.74) is 0.324. The van der Waals surface area contributed by atoms with E-state index in [-0.39, 0.29) is 12.2 Å². The Kier molecular flexibility index (Phi) is 3.35. The van der Waals surface area contributed by atoms with Gasteiger partial charge in [-0.1, -0.05) is 18.2 Å². The van der Waals surface area contributed by atoms with Crippen molar-refractivity contribution in [3.63, 3.8) is 0 Å². The molecule has 0 heterocycles. The molecule has 0 aliphatic heterocycles. The van der Waals surface area contributed by atoms with Crippen LogP contribution in [0.5, 0.6) is 5.75 Å². The van der Waals surface area contributed by atoms with Crippen molar-refractivity contribution in [2.45, 2.75) is 36.8 Å². The van der Waals surface area contributed by atoms with Crippen LogP contribution in [0.2, 0.25) is 0 Å². The summed E-state index contributed by atoms with van der Waals surface area (Å²) in [5, 5.41) is 48.6. The van der Waals surface area contributed by atoms with Gasteiger partial charge in [-0.15, -0.1) is 0 Å². The molecule has 1 aliphatic carbocycles. The first kappa shape index (κ1) is 12.3. The van der Waals surface area contributed by atoms with Gasteiger partial charge in [0.05, 0.1) is 24.4 Å². The number of para-hydroxylation sites is 1. The number of phenols is 1. The highest BCUT2D eigenvalue weighted by molar-refractivity contribution is 5.37. The van der Waals surface area contributed by atoms with Gasteiger partial charge in [0.15, 0.2) is 0 Å². The largest absolute Gasteiger partial charge is 0.508 e. The lowest BCUT2D eigenvalue weighted by molar-refractivity contribution is -0.123. The summed E-state index contributed by atoms with van der Waals surface area (Å²) in [7, 11) is 0. The van der Waals surface area contributed by atoms with Crippen LogP contribution < -0.4 is 0 Å². The van der Waals surface area contributed by atoms with E-state index in [4.69, 9.17) is 0 Å². The third-order valence-electron chi connectivity index (χ3n) is 3.30. The second kappa shape index (κ2) is 4.62.